The number of hydrogen-bond acceptors (Lipinski definition) is 5. The van der Waals surface area contributed by atoms with Gasteiger partial charge in [-0.25, -0.2) is 0 Å². The van der Waals surface area contributed by atoms with Gasteiger partial charge in [0, 0.05) is 23.5 Å². The third-order valence-electron chi connectivity index (χ3n) is 4.18. The summed E-state index contributed by atoms with van der Waals surface area (Å²) in [7, 11) is 0. The summed E-state index contributed by atoms with van der Waals surface area (Å²) in [5.41, 5.74) is 1.14. The lowest BCUT2D eigenvalue weighted by Gasteiger charge is -2.18. The van der Waals surface area contributed by atoms with Crippen LogP contribution >= 0.6 is 15.9 Å². The van der Waals surface area contributed by atoms with Crippen molar-refractivity contribution in [1.82, 2.24) is 0 Å². The Labute approximate surface area is 165 Å². The molecule has 0 saturated carbocycles. The zero-order valence-electron chi connectivity index (χ0n) is 14.6. The van der Waals surface area contributed by atoms with Gasteiger partial charge in [0.05, 0.1) is 29.8 Å². The molecule has 0 radical (unpaired) electrons. The fraction of sp³-hybridized carbons (Fsp3) is 0.250. The van der Waals surface area contributed by atoms with Gasteiger partial charge in [-0.1, -0.05) is 12.1 Å². The van der Waals surface area contributed by atoms with Gasteiger partial charge >= 0.3 is 5.97 Å². The number of para-hydroxylation sites is 1. The van der Waals surface area contributed by atoms with Crippen LogP contribution in [0.25, 0.3) is 0 Å². The molecule has 0 aliphatic carbocycles. The molecule has 138 valence electrons. The molecule has 6 nitrogen and oxygen atoms in total. The number of rotatable bonds is 5. The highest BCUT2D eigenvalue weighted by Gasteiger charge is 2.37. The standard InChI is InChI=1S/C20H17BrN2O4/c1-2-26-18-9-13(11-22)7-8-17(18)27-20(25)14-10-19(24)23(12-14)16-6-4-3-5-15(16)21/h3-9,14H,2,10,12H2,1H3. The Kier molecular flexibility index (Phi) is 5.77. The molecule has 0 bridgehead atoms. The summed E-state index contributed by atoms with van der Waals surface area (Å²) in [6.07, 6.45) is 0.0837. The molecule has 1 atom stereocenters. The van der Waals surface area contributed by atoms with E-state index in [0.717, 1.165) is 10.2 Å². The normalized spacial score (nSPS) is 16.1. The van der Waals surface area contributed by atoms with E-state index in [1.807, 2.05) is 30.3 Å². The second-order valence-electron chi connectivity index (χ2n) is 5.98. The van der Waals surface area contributed by atoms with E-state index in [4.69, 9.17) is 14.7 Å². The van der Waals surface area contributed by atoms with Crippen molar-refractivity contribution in [2.75, 3.05) is 18.1 Å². The number of esters is 1. The summed E-state index contributed by atoms with van der Waals surface area (Å²) in [6.45, 7) is 2.42. The van der Waals surface area contributed by atoms with Gasteiger partial charge in [-0.15, -0.1) is 0 Å². The third-order valence-corrected chi connectivity index (χ3v) is 4.86. The summed E-state index contributed by atoms with van der Waals surface area (Å²) in [6, 6.07) is 14.0. The summed E-state index contributed by atoms with van der Waals surface area (Å²) in [5.74, 6) is -0.628. The molecule has 2 aromatic carbocycles. The third kappa shape index (κ3) is 4.12. The van der Waals surface area contributed by atoms with Crippen molar-refractivity contribution < 1.29 is 19.1 Å². The SMILES string of the molecule is CCOc1cc(C#N)ccc1OC(=O)C1CC(=O)N(c2ccccc2Br)C1. The van der Waals surface area contributed by atoms with Crippen LogP contribution in [0, 0.1) is 17.2 Å². The topological polar surface area (TPSA) is 79.6 Å². The summed E-state index contributed by atoms with van der Waals surface area (Å²) < 4.78 is 11.7. The quantitative estimate of drug-likeness (QED) is 0.535. The van der Waals surface area contributed by atoms with Crippen LogP contribution in [0.4, 0.5) is 5.69 Å². The van der Waals surface area contributed by atoms with Gasteiger partial charge in [-0.2, -0.15) is 5.26 Å². The van der Waals surface area contributed by atoms with Crippen LogP contribution in [0.2, 0.25) is 0 Å². The number of ether oxygens (including phenoxy) is 2. The van der Waals surface area contributed by atoms with E-state index >= 15 is 0 Å². The van der Waals surface area contributed by atoms with E-state index in [-0.39, 0.29) is 24.6 Å². The molecule has 1 saturated heterocycles. The van der Waals surface area contributed by atoms with Crippen LogP contribution in [0.15, 0.2) is 46.9 Å². The van der Waals surface area contributed by atoms with Gasteiger partial charge in [-0.3, -0.25) is 9.59 Å². The second-order valence-corrected chi connectivity index (χ2v) is 6.84. The van der Waals surface area contributed by atoms with Gasteiger partial charge in [0.1, 0.15) is 0 Å². The highest BCUT2D eigenvalue weighted by molar-refractivity contribution is 9.10. The molecule has 0 spiro atoms. The van der Waals surface area contributed by atoms with Gasteiger partial charge in [0.15, 0.2) is 11.5 Å². The smallest absolute Gasteiger partial charge is 0.316 e. The molecule has 1 amide bonds. The molecule has 1 fully saturated rings. The van der Waals surface area contributed by atoms with Crippen LogP contribution in [0.1, 0.15) is 18.9 Å². The Morgan fingerprint density at radius 1 is 1.30 bits per heavy atom. The van der Waals surface area contributed by atoms with Gasteiger partial charge in [-0.05, 0) is 47.1 Å². The largest absolute Gasteiger partial charge is 0.490 e. The summed E-state index contributed by atoms with van der Waals surface area (Å²) in [4.78, 5) is 26.6. The van der Waals surface area contributed by atoms with Gasteiger partial charge < -0.3 is 14.4 Å². The molecular weight excluding hydrogens is 412 g/mol. The number of carbonyl (C=O) groups excluding carboxylic acids is 2. The van der Waals surface area contributed by atoms with Crippen molar-refractivity contribution in [3.63, 3.8) is 0 Å². The van der Waals surface area contributed by atoms with E-state index in [1.165, 1.54) is 12.1 Å². The summed E-state index contributed by atoms with van der Waals surface area (Å²) in [5, 5.41) is 9.00. The molecule has 1 aliphatic rings. The Balaban J connectivity index is 1.75. The molecule has 0 N–H and O–H groups in total. The first-order valence-corrected chi connectivity index (χ1v) is 9.26. The van der Waals surface area contributed by atoms with Crippen LogP contribution in [0.3, 0.4) is 0 Å². The lowest BCUT2D eigenvalue weighted by Crippen LogP contribution is -2.27. The number of amides is 1. The lowest BCUT2D eigenvalue weighted by molar-refractivity contribution is -0.139. The minimum absolute atomic E-state index is 0.0837. The van der Waals surface area contributed by atoms with Crippen molar-refractivity contribution in [1.29, 1.82) is 5.26 Å². The van der Waals surface area contributed by atoms with Crippen molar-refractivity contribution >= 4 is 33.5 Å². The van der Waals surface area contributed by atoms with E-state index < -0.39 is 11.9 Å². The zero-order valence-corrected chi connectivity index (χ0v) is 16.2. The molecular formula is C20H17BrN2O4. The maximum Gasteiger partial charge on any atom is 0.316 e. The van der Waals surface area contributed by atoms with Gasteiger partial charge in [0.25, 0.3) is 0 Å². The molecule has 27 heavy (non-hydrogen) atoms. The predicted octanol–water partition coefficient (Wildman–Crippen LogP) is 3.68. The highest BCUT2D eigenvalue weighted by Crippen LogP contribution is 2.33. The fourth-order valence-electron chi connectivity index (χ4n) is 2.89. The van der Waals surface area contributed by atoms with E-state index in [1.54, 1.807) is 17.9 Å². The number of hydrogen-bond donors (Lipinski definition) is 0. The second kappa shape index (κ2) is 8.23. The van der Waals surface area contributed by atoms with E-state index in [2.05, 4.69) is 15.9 Å². The predicted molar refractivity (Wildman–Crippen MR) is 103 cm³/mol. The fourth-order valence-corrected chi connectivity index (χ4v) is 3.39. The molecule has 2 aromatic rings. The molecule has 0 aromatic heterocycles. The number of anilines is 1. The Hall–Kier alpha value is -2.85. The van der Waals surface area contributed by atoms with Crippen LogP contribution in [-0.4, -0.2) is 25.0 Å². The van der Waals surface area contributed by atoms with Crippen LogP contribution < -0.4 is 14.4 Å². The van der Waals surface area contributed by atoms with Gasteiger partial charge in [0.2, 0.25) is 5.91 Å². The maximum absolute atomic E-state index is 12.6. The first kappa shape index (κ1) is 18.9. The number of nitriles is 1. The molecule has 7 heteroatoms. The van der Waals surface area contributed by atoms with Crippen LogP contribution in [0.5, 0.6) is 11.5 Å². The minimum atomic E-state index is -0.574. The maximum atomic E-state index is 12.6. The Morgan fingerprint density at radius 2 is 2.07 bits per heavy atom. The highest BCUT2D eigenvalue weighted by atomic mass is 79.9. The first-order valence-electron chi connectivity index (χ1n) is 8.47. The van der Waals surface area contributed by atoms with Crippen molar-refractivity contribution in [2.45, 2.75) is 13.3 Å². The van der Waals surface area contributed by atoms with E-state index in [9.17, 15) is 9.59 Å². The number of halogens is 1. The molecule has 1 unspecified atom stereocenters. The average molecular weight is 429 g/mol. The molecule has 1 aliphatic heterocycles. The Bertz CT molecular complexity index is 922. The lowest BCUT2D eigenvalue weighted by atomic mass is 10.1. The van der Waals surface area contributed by atoms with Crippen molar-refractivity contribution in [2.24, 2.45) is 5.92 Å². The Morgan fingerprint density at radius 3 is 2.78 bits per heavy atom. The minimum Gasteiger partial charge on any atom is -0.490 e. The number of nitrogens with zero attached hydrogens (tertiary/aromatic N) is 2. The van der Waals surface area contributed by atoms with Crippen molar-refractivity contribution in [3.05, 3.63) is 52.5 Å². The monoisotopic (exact) mass is 428 g/mol. The van der Waals surface area contributed by atoms with E-state index in [0.29, 0.717) is 17.9 Å². The number of benzene rings is 2. The average Bonchev–Trinajstić information content (AvgIpc) is 3.05. The molecule has 1 heterocycles. The number of carbonyl (C=O) groups is 2. The summed E-state index contributed by atoms with van der Waals surface area (Å²) >= 11 is 3.43. The zero-order chi connectivity index (χ0) is 19.4. The van der Waals surface area contributed by atoms with Crippen LogP contribution in [-0.2, 0) is 9.59 Å². The first-order chi connectivity index (χ1) is 13.0. The molecule has 3 rings (SSSR count). The van der Waals surface area contributed by atoms with Crippen molar-refractivity contribution in [3.8, 4) is 17.6 Å².